The van der Waals surface area contributed by atoms with Gasteiger partial charge in [0.1, 0.15) is 16.4 Å². The molecule has 0 bridgehead atoms. The van der Waals surface area contributed by atoms with Crippen molar-refractivity contribution >= 4 is 69.2 Å². The maximum absolute atomic E-state index is 11.8. The van der Waals surface area contributed by atoms with Crippen LogP contribution in [0, 0.1) is 0 Å². The SMILES string of the molecule is O=S(=O)(Oc1ccc(O)cc1)c1ccccc1.[NaH].[NaH]. The Labute approximate surface area is 156 Å². The predicted molar refractivity (Wildman–Crippen MR) is 76.7 cm³/mol. The number of hydrogen-bond donors (Lipinski definition) is 1. The van der Waals surface area contributed by atoms with E-state index >= 15 is 0 Å². The van der Waals surface area contributed by atoms with Crippen LogP contribution in [0.5, 0.6) is 11.5 Å². The molecule has 0 saturated heterocycles. The number of phenolic OH excluding ortho intramolecular Hbond substituents is 1. The van der Waals surface area contributed by atoms with Crippen molar-refractivity contribution in [3.63, 3.8) is 0 Å². The van der Waals surface area contributed by atoms with Crippen molar-refractivity contribution in [2.24, 2.45) is 0 Å². The molecule has 2 rings (SSSR count). The van der Waals surface area contributed by atoms with E-state index in [4.69, 9.17) is 9.29 Å². The van der Waals surface area contributed by atoms with Crippen molar-refractivity contribution in [1.29, 1.82) is 0 Å². The number of rotatable bonds is 3. The quantitative estimate of drug-likeness (QED) is 0.674. The van der Waals surface area contributed by atoms with E-state index < -0.39 is 10.1 Å². The van der Waals surface area contributed by atoms with Gasteiger partial charge in [0, 0.05) is 0 Å². The summed E-state index contributed by atoms with van der Waals surface area (Å²) in [6.45, 7) is 0. The maximum atomic E-state index is 11.8. The first kappa shape index (κ1) is 19.0. The van der Waals surface area contributed by atoms with Crippen LogP contribution in [0.2, 0.25) is 0 Å². The van der Waals surface area contributed by atoms with Crippen molar-refractivity contribution < 1.29 is 17.7 Å². The van der Waals surface area contributed by atoms with Gasteiger partial charge in [0.05, 0.1) is 0 Å². The van der Waals surface area contributed by atoms with Crippen molar-refractivity contribution in [2.45, 2.75) is 4.90 Å². The molecule has 92 valence electrons. The summed E-state index contributed by atoms with van der Waals surface area (Å²) >= 11 is 0. The molecule has 0 amide bonds. The molecular formula is C12H12Na2O4S. The first-order chi connectivity index (χ1) is 8.08. The Kier molecular flexibility index (Phi) is 8.31. The van der Waals surface area contributed by atoms with Crippen molar-refractivity contribution in [3.05, 3.63) is 54.6 Å². The van der Waals surface area contributed by atoms with Crippen molar-refractivity contribution in [3.8, 4) is 11.5 Å². The summed E-state index contributed by atoms with van der Waals surface area (Å²) in [5.41, 5.74) is 0. The first-order valence-electron chi connectivity index (χ1n) is 4.86. The second-order valence-electron chi connectivity index (χ2n) is 3.34. The molecule has 0 aromatic heterocycles. The summed E-state index contributed by atoms with van der Waals surface area (Å²) in [6.07, 6.45) is 0. The first-order valence-corrected chi connectivity index (χ1v) is 6.27. The van der Waals surface area contributed by atoms with Crippen molar-refractivity contribution in [2.75, 3.05) is 0 Å². The zero-order valence-electron chi connectivity index (χ0n) is 8.78. The Bertz CT molecular complexity index is 597. The second kappa shape index (κ2) is 8.32. The van der Waals surface area contributed by atoms with E-state index in [1.54, 1.807) is 18.2 Å². The summed E-state index contributed by atoms with van der Waals surface area (Å²) < 4.78 is 28.5. The van der Waals surface area contributed by atoms with Crippen LogP contribution in [0.15, 0.2) is 59.5 Å². The van der Waals surface area contributed by atoms with Crippen LogP contribution >= 0.6 is 0 Å². The molecule has 0 atom stereocenters. The summed E-state index contributed by atoms with van der Waals surface area (Å²) in [7, 11) is -3.81. The molecule has 19 heavy (non-hydrogen) atoms. The summed E-state index contributed by atoms with van der Waals surface area (Å²) in [5, 5.41) is 9.07. The monoisotopic (exact) mass is 298 g/mol. The van der Waals surface area contributed by atoms with Crippen LogP contribution < -0.4 is 4.18 Å². The zero-order valence-corrected chi connectivity index (χ0v) is 9.59. The van der Waals surface area contributed by atoms with Crippen LogP contribution in [0.4, 0.5) is 0 Å². The molecule has 0 spiro atoms. The van der Waals surface area contributed by atoms with Crippen LogP contribution in [-0.4, -0.2) is 72.6 Å². The Balaban J connectivity index is 0.00000162. The Morgan fingerprint density at radius 1 is 0.842 bits per heavy atom. The van der Waals surface area contributed by atoms with Crippen LogP contribution in [0.25, 0.3) is 0 Å². The molecule has 0 fully saturated rings. The molecule has 0 saturated carbocycles. The third-order valence-corrected chi connectivity index (χ3v) is 3.34. The van der Waals surface area contributed by atoms with Gasteiger partial charge in [0.2, 0.25) is 0 Å². The minimum absolute atomic E-state index is 0. The molecule has 0 aliphatic heterocycles. The van der Waals surface area contributed by atoms with Gasteiger partial charge in [-0.05, 0) is 36.4 Å². The van der Waals surface area contributed by atoms with Gasteiger partial charge in [-0.3, -0.25) is 0 Å². The van der Waals surface area contributed by atoms with Gasteiger partial charge >= 0.3 is 69.2 Å². The number of phenols is 1. The third-order valence-electron chi connectivity index (χ3n) is 2.07. The fraction of sp³-hybridized carbons (Fsp3) is 0. The van der Waals surface area contributed by atoms with E-state index in [9.17, 15) is 8.42 Å². The van der Waals surface area contributed by atoms with E-state index in [1.165, 1.54) is 36.4 Å². The van der Waals surface area contributed by atoms with Gasteiger partial charge in [-0.15, -0.1) is 0 Å². The molecule has 0 radical (unpaired) electrons. The number of benzene rings is 2. The average Bonchev–Trinajstić information content (AvgIpc) is 2.33. The molecule has 0 heterocycles. The molecule has 1 N–H and O–H groups in total. The summed E-state index contributed by atoms with van der Waals surface area (Å²) in [5.74, 6) is 0.209. The summed E-state index contributed by atoms with van der Waals surface area (Å²) in [4.78, 5) is 0.0908. The molecule has 2 aromatic carbocycles. The Morgan fingerprint density at radius 3 is 1.89 bits per heavy atom. The second-order valence-corrected chi connectivity index (χ2v) is 4.89. The van der Waals surface area contributed by atoms with Crippen LogP contribution in [0.1, 0.15) is 0 Å². The van der Waals surface area contributed by atoms with Crippen LogP contribution in [0.3, 0.4) is 0 Å². The predicted octanol–water partition coefficient (Wildman–Crippen LogP) is 0.863. The van der Waals surface area contributed by atoms with Crippen LogP contribution in [-0.2, 0) is 10.1 Å². The standard InChI is InChI=1S/C12H10O4S.2Na.2H/c13-10-6-8-11(9-7-10)16-17(14,15)12-4-2-1-3-5-12;;;;/h1-9,13H;;;;. The molecule has 0 aliphatic carbocycles. The molecule has 4 nitrogen and oxygen atoms in total. The topological polar surface area (TPSA) is 63.6 Å². The molecule has 7 heteroatoms. The van der Waals surface area contributed by atoms with Gasteiger partial charge in [0.15, 0.2) is 0 Å². The Hall–Kier alpha value is -0.01000. The van der Waals surface area contributed by atoms with E-state index in [1.807, 2.05) is 0 Å². The van der Waals surface area contributed by atoms with E-state index in [-0.39, 0.29) is 75.5 Å². The van der Waals surface area contributed by atoms with Gasteiger partial charge in [0.25, 0.3) is 0 Å². The fourth-order valence-electron chi connectivity index (χ4n) is 1.26. The van der Waals surface area contributed by atoms with E-state index in [0.717, 1.165) is 0 Å². The normalized spacial score (nSPS) is 9.89. The van der Waals surface area contributed by atoms with E-state index in [2.05, 4.69) is 0 Å². The van der Waals surface area contributed by atoms with Gasteiger partial charge < -0.3 is 9.29 Å². The number of aromatic hydroxyl groups is 1. The van der Waals surface area contributed by atoms with E-state index in [0.29, 0.717) is 0 Å². The fourth-order valence-corrected chi connectivity index (χ4v) is 2.21. The molecular weight excluding hydrogens is 286 g/mol. The summed E-state index contributed by atoms with van der Waals surface area (Å²) in [6, 6.07) is 13.3. The molecule has 0 aliphatic rings. The zero-order chi connectivity index (χ0) is 12.3. The minimum atomic E-state index is -3.81. The average molecular weight is 298 g/mol. The Morgan fingerprint density at radius 2 is 1.37 bits per heavy atom. The van der Waals surface area contributed by atoms with Gasteiger partial charge in [-0.2, -0.15) is 8.42 Å². The molecule has 2 aromatic rings. The van der Waals surface area contributed by atoms with Gasteiger partial charge in [-0.1, -0.05) is 18.2 Å². The third kappa shape index (κ3) is 5.47. The molecule has 0 unspecified atom stereocenters. The van der Waals surface area contributed by atoms with Gasteiger partial charge in [-0.25, -0.2) is 0 Å². The number of hydrogen-bond acceptors (Lipinski definition) is 4. The van der Waals surface area contributed by atoms with Crippen molar-refractivity contribution in [1.82, 2.24) is 0 Å².